The van der Waals surface area contributed by atoms with Crippen LogP contribution < -0.4 is 15.4 Å². The summed E-state index contributed by atoms with van der Waals surface area (Å²) in [6.45, 7) is 1.42. The van der Waals surface area contributed by atoms with Crippen molar-refractivity contribution < 1.29 is 9.53 Å². The molecular weight excluding hydrogens is 386 g/mol. The minimum Gasteiger partial charge on any atom is -0.471 e. The van der Waals surface area contributed by atoms with Crippen molar-refractivity contribution in [3.8, 4) is 5.88 Å². The molecule has 1 saturated heterocycles. The van der Waals surface area contributed by atoms with Crippen LogP contribution in [0.15, 0.2) is 66.9 Å². The highest BCUT2D eigenvalue weighted by molar-refractivity contribution is 6.31. The third-order valence-corrected chi connectivity index (χ3v) is 5.35. The summed E-state index contributed by atoms with van der Waals surface area (Å²) in [7, 11) is 0. The number of benzene rings is 2. The number of hydrogen-bond donors (Lipinski definition) is 1. The molecule has 0 radical (unpaired) electrons. The van der Waals surface area contributed by atoms with Gasteiger partial charge in [0.25, 0.3) is 5.91 Å². The summed E-state index contributed by atoms with van der Waals surface area (Å²) in [6, 6.07) is 19.6. The molecule has 148 valence electrons. The number of rotatable bonds is 6. The van der Waals surface area contributed by atoms with Crippen LogP contribution in [0.3, 0.4) is 0 Å². The Bertz CT molecular complexity index is 1010. The largest absolute Gasteiger partial charge is 0.471 e. The predicted molar refractivity (Wildman–Crippen MR) is 115 cm³/mol. The molecular formula is C23H22ClN3O2. The number of aromatic nitrogens is 1. The Labute approximate surface area is 175 Å². The number of hydrogen-bond acceptors (Lipinski definition) is 4. The third kappa shape index (κ3) is 4.51. The van der Waals surface area contributed by atoms with E-state index in [1.54, 1.807) is 18.3 Å². The lowest BCUT2D eigenvalue weighted by Crippen LogP contribution is -2.27. The van der Waals surface area contributed by atoms with Crippen LogP contribution in [-0.4, -0.2) is 30.1 Å². The molecule has 1 aromatic heterocycles. The first-order valence-corrected chi connectivity index (χ1v) is 9.97. The molecule has 2 N–H and O–H groups in total. The molecule has 5 nitrogen and oxygen atoms in total. The maximum absolute atomic E-state index is 12.1. The number of halogens is 1. The van der Waals surface area contributed by atoms with Gasteiger partial charge in [-0.1, -0.05) is 48.0 Å². The van der Waals surface area contributed by atoms with Crippen molar-refractivity contribution in [3.05, 3.63) is 88.6 Å². The highest BCUT2D eigenvalue weighted by Gasteiger charge is 2.27. The second kappa shape index (κ2) is 8.53. The van der Waals surface area contributed by atoms with Crippen LogP contribution in [0.5, 0.6) is 5.88 Å². The van der Waals surface area contributed by atoms with Crippen molar-refractivity contribution in [2.24, 2.45) is 5.73 Å². The first-order valence-electron chi connectivity index (χ1n) is 9.59. The van der Waals surface area contributed by atoms with Crippen LogP contribution in [0.1, 0.15) is 27.9 Å². The average molecular weight is 408 g/mol. The second-order valence-corrected chi connectivity index (χ2v) is 7.55. The summed E-state index contributed by atoms with van der Waals surface area (Å²) in [5, 5.41) is 0.494. The smallest absolute Gasteiger partial charge is 0.250 e. The molecule has 2 heterocycles. The Hall–Kier alpha value is -3.05. The van der Waals surface area contributed by atoms with Crippen molar-refractivity contribution in [1.82, 2.24) is 4.98 Å². The van der Waals surface area contributed by atoms with Crippen molar-refractivity contribution in [3.63, 3.8) is 0 Å². The molecule has 0 unspecified atom stereocenters. The summed E-state index contributed by atoms with van der Waals surface area (Å²) in [4.78, 5) is 18.5. The zero-order valence-corrected chi connectivity index (χ0v) is 16.7. The number of amides is 1. The van der Waals surface area contributed by atoms with E-state index in [0.717, 1.165) is 30.6 Å². The normalized spacial score (nSPS) is 16.0. The van der Waals surface area contributed by atoms with E-state index in [1.165, 1.54) is 5.56 Å². The van der Waals surface area contributed by atoms with Gasteiger partial charge in [-0.2, -0.15) is 0 Å². The standard InChI is InChI=1S/C23H22ClN3O2/c24-20-7-4-11-26-23(20)29-18-10-12-27(15-18)21-9-8-17(14-19(21)22(25)28)13-16-5-2-1-3-6-16/h1-9,11,14,18H,10,12-13,15H2,(H2,25,28)/t18-/m0/s1. The highest BCUT2D eigenvalue weighted by atomic mass is 35.5. The van der Waals surface area contributed by atoms with Gasteiger partial charge in [0, 0.05) is 24.8 Å². The second-order valence-electron chi connectivity index (χ2n) is 7.14. The topological polar surface area (TPSA) is 68.5 Å². The van der Waals surface area contributed by atoms with Gasteiger partial charge in [0.05, 0.1) is 12.1 Å². The number of pyridine rings is 1. The van der Waals surface area contributed by atoms with E-state index in [4.69, 9.17) is 22.1 Å². The van der Waals surface area contributed by atoms with Gasteiger partial charge < -0.3 is 15.4 Å². The zero-order valence-electron chi connectivity index (χ0n) is 15.9. The van der Waals surface area contributed by atoms with E-state index >= 15 is 0 Å². The first-order chi connectivity index (χ1) is 14.1. The number of primary amides is 1. The molecule has 1 atom stereocenters. The molecule has 1 amide bonds. The fourth-order valence-corrected chi connectivity index (χ4v) is 3.82. The summed E-state index contributed by atoms with van der Waals surface area (Å²) in [6.07, 6.45) is 3.18. The fraction of sp³-hybridized carbons (Fsp3) is 0.217. The number of nitrogens with two attached hydrogens (primary N) is 1. The van der Waals surface area contributed by atoms with E-state index in [2.05, 4.69) is 28.1 Å². The predicted octanol–water partition coefficient (Wildman–Crippen LogP) is 4.08. The Morgan fingerprint density at radius 3 is 2.72 bits per heavy atom. The molecule has 0 saturated carbocycles. The van der Waals surface area contributed by atoms with Crippen molar-refractivity contribution in [2.75, 3.05) is 18.0 Å². The molecule has 2 aromatic carbocycles. The van der Waals surface area contributed by atoms with Crippen molar-refractivity contribution in [1.29, 1.82) is 0 Å². The number of anilines is 1. The summed E-state index contributed by atoms with van der Waals surface area (Å²) in [5.74, 6) is 0.0152. The molecule has 29 heavy (non-hydrogen) atoms. The quantitative estimate of drug-likeness (QED) is 0.668. The van der Waals surface area contributed by atoms with Gasteiger partial charge >= 0.3 is 0 Å². The van der Waals surface area contributed by atoms with Gasteiger partial charge in [-0.15, -0.1) is 0 Å². The van der Waals surface area contributed by atoms with Gasteiger partial charge in [-0.3, -0.25) is 4.79 Å². The minimum absolute atomic E-state index is 0.0490. The monoisotopic (exact) mass is 407 g/mol. The van der Waals surface area contributed by atoms with Gasteiger partial charge in [0.1, 0.15) is 11.1 Å². The van der Waals surface area contributed by atoms with Gasteiger partial charge in [0.15, 0.2) is 0 Å². The molecule has 1 fully saturated rings. The molecule has 6 heteroatoms. The van der Waals surface area contributed by atoms with Gasteiger partial charge in [-0.05, 0) is 41.8 Å². The molecule has 4 rings (SSSR count). The van der Waals surface area contributed by atoms with Gasteiger partial charge in [-0.25, -0.2) is 4.98 Å². The van der Waals surface area contributed by atoms with Crippen molar-refractivity contribution in [2.45, 2.75) is 18.9 Å². The number of carbonyl (C=O) groups is 1. The Kier molecular flexibility index (Phi) is 5.67. The van der Waals surface area contributed by atoms with Crippen LogP contribution in [0.25, 0.3) is 0 Å². The molecule has 1 aliphatic heterocycles. The van der Waals surface area contributed by atoms with E-state index in [0.29, 0.717) is 23.0 Å². The molecule has 0 spiro atoms. The summed E-state index contributed by atoms with van der Waals surface area (Å²) >= 11 is 6.14. The Morgan fingerprint density at radius 1 is 1.14 bits per heavy atom. The van der Waals surface area contributed by atoms with Crippen LogP contribution >= 0.6 is 11.6 Å². The molecule has 0 bridgehead atoms. The number of nitrogens with zero attached hydrogens (tertiary/aromatic N) is 2. The fourth-order valence-electron chi connectivity index (χ4n) is 3.66. The highest BCUT2D eigenvalue weighted by Crippen LogP contribution is 2.29. The minimum atomic E-state index is -0.424. The van der Waals surface area contributed by atoms with E-state index in [-0.39, 0.29) is 6.10 Å². The first kappa shape index (κ1) is 19.3. The third-order valence-electron chi connectivity index (χ3n) is 5.07. The summed E-state index contributed by atoms with van der Waals surface area (Å²) < 4.78 is 5.96. The van der Waals surface area contributed by atoms with Crippen molar-refractivity contribution >= 4 is 23.2 Å². The van der Waals surface area contributed by atoms with Crippen LogP contribution in [0.2, 0.25) is 5.02 Å². The molecule has 3 aromatic rings. The SMILES string of the molecule is NC(=O)c1cc(Cc2ccccc2)ccc1N1CC[C@H](Oc2ncccc2Cl)C1. The number of carbonyl (C=O) groups excluding carboxylic acids is 1. The van der Waals surface area contributed by atoms with Crippen LogP contribution in [0, 0.1) is 0 Å². The molecule has 0 aliphatic carbocycles. The number of ether oxygens (including phenoxy) is 1. The Balaban J connectivity index is 1.50. The van der Waals surface area contributed by atoms with Crippen LogP contribution in [0.4, 0.5) is 5.69 Å². The summed E-state index contributed by atoms with van der Waals surface area (Å²) in [5.41, 5.74) is 9.32. The maximum atomic E-state index is 12.1. The average Bonchev–Trinajstić information content (AvgIpc) is 3.19. The van der Waals surface area contributed by atoms with E-state index in [1.807, 2.05) is 30.3 Å². The van der Waals surface area contributed by atoms with E-state index in [9.17, 15) is 4.79 Å². The van der Waals surface area contributed by atoms with E-state index < -0.39 is 5.91 Å². The Morgan fingerprint density at radius 2 is 1.97 bits per heavy atom. The lowest BCUT2D eigenvalue weighted by Gasteiger charge is -2.22. The maximum Gasteiger partial charge on any atom is 0.250 e. The molecule has 1 aliphatic rings. The van der Waals surface area contributed by atoms with Crippen LogP contribution in [-0.2, 0) is 6.42 Å². The lowest BCUT2D eigenvalue weighted by atomic mass is 10.0. The zero-order chi connectivity index (χ0) is 20.2. The van der Waals surface area contributed by atoms with Gasteiger partial charge in [0.2, 0.25) is 5.88 Å². The lowest BCUT2D eigenvalue weighted by molar-refractivity contribution is 0.100.